The van der Waals surface area contributed by atoms with Gasteiger partial charge in [-0.1, -0.05) is 50.2 Å². The number of anilines is 4. The van der Waals surface area contributed by atoms with Crippen molar-refractivity contribution in [2.75, 3.05) is 72.8 Å². The molecule has 0 spiro atoms. The SMILES string of the molecule is CCC(C)N1Cc2c(NCc3cnc4ccccc4c3)nc(N3CCN(C(C)=O)CC3)nc2C1=O.CCC(C)N1Cc2c(NCc3cnc4ccccc4c3)nc(N3CCN(C(C)=O)CC3)nc2C1=O. The molecular weight excluding hydrogens is 885 g/mol. The van der Waals surface area contributed by atoms with Gasteiger partial charge in [-0.25, -0.2) is 9.97 Å². The first kappa shape index (κ1) is 47.6. The summed E-state index contributed by atoms with van der Waals surface area (Å²) in [6.45, 7) is 18.6. The molecule has 8 heterocycles. The van der Waals surface area contributed by atoms with Gasteiger partial charge in [-0.3, -0.25) is 29.1 Å². The molecular formula is C52H62N14O4. The third-order valence-corrected chi connectivity index (χ3v) is 14.0. The number of hydrogen-bond donors (Lipinski definition) is 2. The molecule has 4 aromatic heterocycles. The van der Waals surface area contributed by atoms with Gasteiger partial charge in [-0.2, -0.15) is 9.97 Å². The Morgan fingerprint density at radius 2 is 0.957 bits per heavy atom. The van der Waals surface area contributed by atoms with Crippen molar-refractivity contribution in [3.05, 3.63) is 107 Å². The molecule has 4 aliphatic heterocycles. The maximum absolute atomic E-state index is 13.3. The van der Waals surface area contributed by atoms with Gasteiger partial charge in [0.25, 0.3) is 11.8 Å². The van der Waals surface area contributed by atoms with E-state index in [0.29, 0.717) is 113 Å². The van der Waals surface area contributed by atoms with Crippen LogP contribution >= 0.6 is 0 Å². The molecule has 2 saturated heterocycles. The Bertz CT molecular complexity index is 2740. The molecule has 18 heteroatoms. The van der Waals surface area contributed by atoms with Gasteiger partial charge in [-0.05, 0) is 62.1 Å². The number of hydrogen-bond acceptors (Lipinski definition) is 14. The van der Waals surface area contributed by atoms with E-state index >= 15 is 0 Å². The van der Waals surface area contributed by atoms with Crippen LogP contribution in [0.15, 0.2) is 73.1 Å². The highest BCUT2D eigenvalue weighted by Crippen LogP contribution is 2.33. The summed E-state index contributed by atoms with van der Waals surface area (Å²) in [7, 11) is 0. The van der Waals surface area contributed by atoms with Gasteiger partial charge in [0, 0.05) is 126 Å². The van der Waals surface area contributed by atoms with Crippen LogP contribution < -0.4 is 20.4 Å². The highest BCUT2D eigenvalue weighted by molar-refractivity contribution is 5.99. The molecule has 6 aromatic rings. The molecule has 2 fully saturated rings. The van der Waals surface area contributed by atoms with E-state index in [0.717, 1.165) is 56.9 Å². The predicted octanol–water partition coefficient (Wildman–Crippen LogP) is 6.12. The Morgan fingerprint density at radius 3 is 1.33 bits per heavy atom. The summed E-state index contributed by atoms with van der Waals surface area (Å²) in [5, 5.41) is 9.11. The van der Waals surface area contributed by atoms with Crippen molar-refractivity contribution < 1.29 is 19.2 Å². The number of rotatable bonds is 12. The van der Waals surface area contributed by atoms with Crippen LogP contribution in [-0.2, 0) is 35.8 Å². The first-order valence-corrected chi connectivity index (χ1v) is 24.5. The first-order chi connectivity index (χ1) is 33.9. The van der Waals surface area contributed by atoms with E-state index in [1.165, 1.54) is 0 Å². The molecule has 0 saturated carbocycles. The van der Waals surface area contributed by atoms with Crippen molar-refractivity contribution in [1.29, 1.82) is 0 Å². The Morgan fingerprint density at radius 1 is 0.571 bits per heavy atom. The minimum atomic E-state index is -0.0456. The number of para-hydroxylation sites is 2. The van der Waals surface area contributed by atoms with Gasteiger partial charge < -0.3 is 40.0 Å². The van der Waals surface area contributed by atoms with Crippen molar-refractivity contribution in [2.24, 2.45) is 0 Å². The number of aromatic nitrogens is 6. The molecule has 364 valence electrons. The van der Waals surface area contributed by atoms with Crippen molar-refractivity contribution in [2.45, 2.75) is 92.6 Å². The number of nitrogens with one attached hydrogen (secondary N) is 2. The molecule has 2 N–H and O–H groups in total. The van der Waals surface area contributed by atoms with E-state index in [9.17, 15) is 19.2 Å². The summed E-state index contributed by atoms with van der Waals surface area (Å²) in [5.41, 5.74) is 6.63. The molecule has 0 aliphatic carbocycles. The fourth-order valence-electron chi connectivity index (χ4n) is 9.32. The molecule has 0 bridgehead atoms. The van der Waals surface area contributed by atoms with Gasteiger partial charge in [0.2, 0.25) is 23.7 Å². The third kappa shape index (κ3) is 9.98. The molecule has 4 amide bonds. The highest BCUT2D eigenvalue weighted by Gasteiger charge is 2.37. The van der Waals surface area contributed by atoms with E-state index in [2.05, 4.69) is 82.4 Å². The summed E-state index contributed by atoms with van der Waals surface area (Å²) >= 11 is 0. The van der Waals surface area contributed by atoms with Gasteiger partial charge in [0.15, 0.2) is 0 Å². The average molecular weight is 947 g/mol. The van der Waals surface area contributed by atoms with Gasteiger partial charge in [0.1, 0.15) is 23.0 Å². The largest absolute Gasteiger partial charge is 0.365 e. The predicted molar refractivity (Wildman–Crippen MR) is 270 cm³/mol. The average Bonchev–Trinajstić information content (AvgIpc) is 3.92. The van der Waals surface area contributed by atoms with Gasteiger partial charge in [-0.15, -0.1) is 0 Å². The van der Waals surface area contributed by atoms with Gasteiger partial charge in [0.05, 0.1) is 24.1 Å². The Hall–Kier alpha value is -7.50. The van der Waals surface area contributed by atoms with Gasteiger partial charge >= 0.3 is 0 Å². The fourth-order valence-corrected chi connectivity index (χ4v) is 9.32. The Kier molecular flexibility index (Phi) is 14.0. The monoisotopic (exact) mass is 947 g/mol. The summed E-state index contributed by atoms with van der Waals surface area (Å²) in [6, 6.07) is 20.6. The molecule has 70 heavy (non-hydrogen) atoms. The standard InChI is InChI=1S/2C26H31N7O2/c2*1-4-17(2)33-16-21-23(25(33)35)29-26(32-11-9-31(10-12-32)18(3)34)30-24(21)28-15-19-13-20-7-5-6-8-22(20)27-14-19/h2*5-8,13-14,17H,4,9-12,15-16H2,1-3H3,(H,28,29,30). The van der Waals surface area contributed by atoms with E-state index < -0.39 is 0 Å². The molecule has 2 unspecified atom stereocenters. The zero-order valence-electron chi connectivity index (χ0n) is 41.0. The van der Waals surface area contributed by atoms with E-state index in [-0.39, 0.29) is 35.7 Å². The second-order valence-electron chi connectivity index (χ2n) is 18.5. The van der Waals surface area contributed by atoms with Crippen molar-refractivity contribution >= 4 is 69.0 Å². The summed E-state index contributed by atoms with van der Waals surface area (Å²) in [6.07, 6.45) is 5.49. The van der Waals surface area contributed by atoms with Crippen molar-refractivity contribution in [3.8, 4) is 0 Å². The third-order valence-electron chi connectivity index (χ3n) is 14.0. The van der Waals surface area contributed by atoms with Crippen LogP contribution in [0, 0.1) is 0 Å². The smallest absolute Gasteiger partial charge is 0.273 e. The number of nitrogens with zero attached hydrogens (tertiary/aromatic N) is 12. The first-order valence-electron chi connectivity index (χ1n) is 24.5. The number of pyridine rings is 2. The van der Waals surface area contributed by atoms with E-state index in [1.807, 2.05) is 68.4 Å². The quantitative estimate of drug-likeness (QED) is 0.143. The van der Waals surface area contributed by atoms with Crippen LogP contribution in [-0.4, -0.2) is 138 Å². The lowest BCUT2D eigenvalue weighted by atomic mass is 10.1. The molecule has 0 radical (unpaired) electrons. The van der Waals surface area contributed by atoms with Crippen LogP contribution in [0.1, 0.15) is 97.6 Å². The van der Waals surface area contributed by atoms with Crippen LogP contribution in [0.3, 0.4) is 0 Å². The van der Waals surface area contributed by atoms with Crippen LogP contribution in [0.4, 0.5) is 23.5 Å². The summed E-state index contributed by atoms with van der Waals surface area (Å²) in [4.78, 5) is 89.8. The lowest BCUT2D eigenvalue weighted by Gasteiger charge is -2.34. The second-order valence-corrected chi connectivity index (χ2v) is 18.5. The second kappa shape index (κ2) is 20.6. The highest BCUT2D eigenvalue weighted by atomic mass is 16.2. The number of benzene rings is 2. The lowest BCUT2D eigenvalue weighted by molar-refractivity contribution is -0.129. The maximum atomic E-state index is 13.3. The van der Waals surface area contributed by atoms with E-state index in [4.69, 9.17) is 19.9 Å². The zero-order valence-corrected chi connectivity index (χ0v) is 41.0. The van der Waals surface area contributed by atoms with Crippen LogP contribution in [0.5, 0.6) is 0 Å². The Labute approximate surface area is 408 Å². The Balaban J connectivity index is 0.000000174. The topological polar surface area (TPSA) is 189 Å². The summed E-state index contributed by atoms with van der Waals surface area (Å²) in [5.74, 6) is 2.50. The number of piperazine rings is 2. The lowest BCUT2D eigenvalue weighted by Crippen LogP contribution is -2.48. The summed E-state index contributed by atoms with van der Waals surface area (Å²) < 4.78 is 0. The number of carbonyl (C=O) groups excluding carboxylic acids is 4. The minimum absolute atomic E-state index is 0.0456. The minimum Gasteiger partial charge on any atom is -0.365 e. The van der Waals surface area contributed by atoms with Crippen molar-refractivity contribution in [1.82, 2.24) is 49.5 Å². The fraction of sp³-hybridized carbons (Fsp3) is 0.423. The van der Waals surface area contributed by atoms with E-state index in [1.54, 1.807) is 13.8 Å². The van der Waals surface area contributed by atoms with Crippen molar-refractivity contribution in [3.63, 3.8) is 0 Å². The molecule has 10 rings (SSSR count). The molecule has 18 nitrogen and oxygen atoms in total. The van der Waals surface area contributed by atoms with Crippen LogP contribution in [0.2, 0.25) is 0 Å². The zero-order chi connectivity index (χ0) is 49.1. The number of carbonyl (C=O) groups is 4. The molecule has 4 aliphatic rings. The number of amides is 4. The normalized spacial score (nSPS) is 16.5. The maximum Gasteiger partial charge on any atom is 0.273 e. The number of fused-ring (bicyclic) bond motifs is 4. The molecule has 2 aromatic carbocycles. The molecule has 2 atom stereocenters. The van der Waals surface area contributed by atoms with Crippen LogP contribution in [0.25, 0.3) is 21.8 Å².